The molecule has 1 unspecified atom stereocenters. The molecule has 1 atom stereocenters. The van der Waals surface area contributed by atoms with Crippen molar-refractivity contribution in [2.24, 2.45) is 5.92 Å². The van der Waals surface area contributed by atoms with Gasteiger partial charge >= 0.3 is 0 Å². The first kappa shape index (κ1) is 27.0. The largest absolute Gasteiger partial charge is 0.305 e. The van der Waals surface area contributed by atoms with Crippen LogP contribution in [0.2, 0.25) is 0 Å². The van der Waals surface area contributed by atoms with Gasteiger partial charge in [-0.15, -0.1) is 0 Å². The number of allylic oxidation sites excluding steroid dienone is 3. The zero-order valence-corrected chi connectivity index (χ0v) is 27.4. The Morgan fingerprint density at radius 1 is 0.773 bits per heavy atom. The van der Waals surface area contributed by atoms with E-state index in [0.717, 1.165) is 0 Å². The Kier molecular flexibility index (Phi) is 5.71. The second-order valence-corrected chi connectivity index (χ2v) is 15.4. The number of benzene rings is 3. The Morgan fingerprint density at radius 3 is 2.27 bits per heavy atom. The smallest absolute Gasteiger partial charge is 0.294 e. The molecule has 0 amide bonds. The average molecular weight is 580 g/mol. The molecule has 224 valence electrons. The van der Waals surface area contributed by atoms with Gasteiger partial charge in [-0.2, -0.15) is 4.57 Å². The standard InChI is InChI=1S/C42H47N2/c1-26-19-20-31-25-43-40-37-35(22-21-29-15-12-18-34(36(29)37)41(4,5)39(40)33(31)23-26)42(43)38(30-13-8-6-9-14-30)27(2)24-28(3)44(42)32-16-10-7-11-17-32/h12,15,18-25,30,32H,6-11,13-14,16-17H2,1-5H3/q+1. The zero-order chi connectivity index (χ0) is 30.0. The summed E-state index contributed by atoms with van der Waals surface area (Å²) in [4.78, 5) is 2.98. The molecule has 2 saturated carbocycles. The summed E-state index contributed by atoms with van der Waals surface area (Å²) < 4.78 is 2.86. The van der Waals surface area contributed by atoms with E-state index in [2.05, 4.69) is 105 Å². The van der Waals surface area contributed by atoms with Crippen molar-refractivity contribution in [3.8, 4) is 11.3 Å². The van der Waals surface area contributed by atoms with E-state index in [1.165, 1.54) is 125 Å². The highest BCUT2D eigenvalue weighted by atomic mass is 15.4. The third-order valence-electron chi connectivity index (χ3n) is 12.4. The van der Waals surface area contributed by atoms with Crippen LogP contribution in [-0.4, -0.2) is 10.9 Å². The van der Waals surface area contributed by atoms with Crippen LogP contribution in [0.15, 0.2) is 77.6 Å². The fraction of sp³-hybridized carbons (Fsp3) is 0.452. The van der Waals surface area contributed by atoms with Crippen LogP contribution in [0.5, 0.6) is 0 Å². The van der Waals surface area contributed by atoms with Crippen molar-refractivity contribution < 1.29 is 4.57 Å². The highest BCUT2D eigenvalue weighted by molar-refractivity contribution is 6.07. The molecule has 44 heavy (non-hydrogen) atoms. The first-order chi connectivity index (χ1) is 21.3. The van der Waals surface area contributed by atoms with Crippen LogP contribution in [0.1, 0.15) is 114 Å². The van der Waals surface area contributed by atoms with Crippen LogP contribution in [-0.2, 0) is 11.1 Å². The average Bonchev–Trinajstić information content (AvgIpc) is 3.29. The summed E-state index contributed by atoms with van der Waals surface area (Å²) in [6, 6.07) is 19.9. The highest BCUT2D eigenvalue weighted by Crippen LogP contribution is 2.60. The summed E-state index contributed by atoms with van der Waals surface area (Å²) in [5, 5.41) is 5.70. The number of nitrogens with zero attached hydrogens (tertiary/aromatic N) is 2. The van der Waals surface area contributed by atoms with Crippen LogP contribution in [0.25, 0.3) is 32.8 Å². The molecule has 3 aromatic carbocycles. The molecule has 2 aliphatic heterocycles. The van der Waals surface area contributed by atoms with E-state index < -0.39 is 0 Å². The van der Waals surface area contributed by atoms with E-state index in [0.29, 0.717) is 12.0 Å². The van der Waals surface area contributed by atoms with Gasteiger partial charge in [-0.1, -0.05) is 94.3 Å². The fourth-order valence-corrected chi connectivity index (χ4v) is 10.8. The number of pyridine rings is 1. The molecule has 3 heterocycles. The Bertz CT molecular complexity index is 1940. The molecule has 3 aliphatic carbocycles. The van der Waals surface area contributed by atoms with Gasteiger partial charge in [-0.3, -0.25) is 0 Å². The molecule has 9 rings (SSSR count). The quantitative estimate of drug-likeness (QED) is 0.214. The maximum Gasteiger partial charge on any atom is 0.294 e. The van der Waals surface area contributed by atoms with Gasteiger partial charge in [0.15, 0.2) is 6.20 Å². The van der Waals surface area contributed by atoms with Crippen molar-refractivity contribution in [2.45, 2.75) is 116 Å². The van der Waals surface area contributed by atoms with Crippen LogP contribution in [0, 0.1) is 12.8 Å². The van der Waals surface area contributed by atoms with Crippen molar-refractivity contribution >= 4 is 21.5 Å². The Balaban J connectivity index is 1.51. The lowest BCUT2D eigenvalue weighted by atomic mass is 9.67. The first-order valence-corrected chi connectivity index (χ1v) is 17.6. The van der Waals surface area contributed by atoms with Gasteiger partial charge in [0, 0.05) is 39.1 Å². The zero-order valence-electron chi connectivity index (χ0n) is 27.4. The topological polar surface area (TPSA) is 7.12 Å². The highest BCUT2D eigenvalue weighted by Gasteiger charge is 2.65. The second-order valence-electron chi connectivity index (χ2n) is 15.4. The molecular formula is C42H47N2+. The molecule has 4 aromatic rings. The van der Waals surface area contributed by atoms with Gasteiger partial charge in [0.05, 0.1) is 11.1 Å². The summed E-state index contributed by atoms with van der Waals surface area (Å²) in [6.45, 7) is 12.1. The Labute approximate surface area is 263 Å². The van der Waals surface area contributed by atoms with Gasteiger partial charge in [-0.25, -0.2) is 0 Å². The lowest BCUT2D eigenvalue weighted by Crippen LogP contribution is -2.69. The molecular weight excluding hydrogens is 532 g/mol. The Hall–Kier alpha value is -3.39. The molecule has 1 aromatic heterocycles. The first-order valence-electron chi connectivity index (χ1n) is 17.6. The van der Waals surface area contributed by atoms with Crippen molar-refractivity contribution in [2.75, 3.05) is 0 Å². The van der Waals surface area contributed by atoms with Crippen LogP contribution in [0.3, 0.4) is 0 Å². The van der Waals surface area contributed by atoms with Gasteiger partial charge < -0.3 is 4.90 Å². The van der Waals surface area contributed by atoms with Crippen molar-refractivity contribution in [3.05, 3.63) is 99.9 Å². The van der Waals surface area contributed by atoms with E-state index >= 15 is 0 Å². The summed E-state index contributed by atoms with van der Waals surface area (Å²) in [5.74, 6) is 0.613. The number of rotatable bonds is 2. The van der Waals surface area contributed by atoms with Gasteiger partial charge in [0.1, 0.15) is 0 Å². The third-order valence-corrected chi connectivity index (χ3v) is 12.4. The molecule has 2 heteroatoms. The van der Waals surface area contributed by atoms with E-state index in [1.807, 2.05) is 0 Å². The lowest BCUT2D eigenvalue weighted by Gasteiger charge is -2.50. The van der Waals surface area contributed by atoms with E-state index in [1.54, 1.807) is 11.1 Å². The minimum Gasteiger partial charge on any atom is -0.305 e. The van der Waals surface area contributed by atoms with Crippen LogP contribution in [0.4, 0.5) is 0 Å². The van der Waals surface area contributed by atoms with Gasteiger partial charge in [0.25, 0.3) is 5.66 Å². The van der Waals surface area contributed by atoms with E-state index in [4.69, 9.17) is 0 Å². The second kappa shape index (κ2) is 9.32. The summed E-state index contributed by atoms with van der Waals surface area (Å²) >= 11 is 0. The molecule has 2 nitrogen and oxygen atoms in total. The summed E-state index contributed by atoms with van der Waals surface area (Å²) in [5.41, 5.74) is 13.2. The van der Waals surface area contributed by atoms with Gasteiger partial charge in [-0.05, 0) is 92.5 Å². The maximum atomic E-state index is 2.98. The lowest BCUT2D eigenvalue weighted by molar-refractivity contribution is -0.752. The van der Waals surface area contributed by atoms with Gasteiger partial charge in [0.2, 0.25) is 5.69 Å². The minimum atomic E-state index is -0.326. The normalized spacial score (nSPS) is 24.6. The molecule has 0 bridgehead atoms. The Morgan fingerprint density at radius 2 is 1.50 bits per heavy atom. The summed E-state index contributed by atoms with van der Waals surface area (Å²) in [6.07, 6.45) is 18.5. The molecule has 5 aliphatic rings. The van der Waals surface area contributed by atoms with E-state index in [9.17, 15) is 0 Å². The molecule has 0 radical (unpaired) electrons. The predicted octanol–water partition coefficient (Wildman–Crippen LogP) is 10.4. The fourth-order valence-electron chi connectivity index (χ4n) is 10.8. The monoisotopic (exact) mass is 579 g/mol. The molecule has 0 N–H and O–H groups in total. The van der Waals surface area contributed by atoms with E-state index in [-0.39, 0.29) is 11.1 Å². The number of aromatic nitrogens is 1. The summed E-state index contributed by atoms with van der Waals surface area (Å²) in [7, 11) is 0. The predicted molar refractivity (Wildman–Crippen MR) is 183 cm³/mol. The molecule has 1 spiro atoms. The number of hydrogen-bond acceptors (Lipinski definition) is 1. The van der Waals surface area contributed by atoms with Crippen molar-refractivity contribution in [3.63, 3.8) is 0 Å². The number of fused-ring (bicyclic) bond motifs is 4. The van der Waals surface area contributed by atoms with Crippen molar-refractivity contribution in [1.82, 2.24) is 4.90 Å². The SMILES string of the molecule is CC1=CC(C)=C(C2CCCCC2)C2(c3ccc4cccc5c4c3-c3c(c4cc(C)ccc4c[n+]32)C5(C)C)N1C1CCCCC1. The maximum absolute atomic E-state index is 2.98. The van der Waals surface area contributed by atoms with Crippen LogP contribution < -0.4 is 4.57 Å². The van der Waals surface area contributed by atoms with Crippen LogP contribution >= 0.6 is 0 Å². The number of hydrogen-bond donors (Lipinski definition) is 0. The molecule has 0 saturated heterocycles. The third kappa shape index (κ3) is 3.30. The molecule has 2 fully saturated rings. The van der Waals surface area contributed by atoms with Crippen molar-refractivity contribution in [1.29, 1.82) is 0 Å². The minimum absolute atomic E-state index is 0.111. The number of aryl methyl sites for hydroxylation is 1.